The van der Waals surface area contributed by atoms with Crippen LogP contribution in [-0.2, 0) is 0 Å². The van der Waals surface area contributed by atoms with Crippen molar-refractivity contribution < 1.29 is 5.11 Å². The van der Waals surface area contributed by atoms with Gasteiger partial charge in [0.05, 0.1) is 15.7 Å². The van der Waals surface area contributed by atoms with Crippen LogP contribution in [-0.4, -0.2) is 28.2 Å². The summed E-state index contributed by atoms with van der Waals surface area (Å²) >= 11 is 12.4. The van der Waals surface area contributed by atoms with Gasteiger partial charge in [-0.3, -0.25) is 0 Å². The zero-order chi connectivity index (χ0) is 16.8. The van der Waals surface area contributed by atoms with Gasteiger partial charge in [0.2, 0.25) is 0 Å². The molecule has 0 saturated heterocycles. The number of aliphatic hydroxyl groups excluding tert-OH is 1. The van der Waals surface area contributed by atoms with E-state index in [1.165, 1.54) is 6.20 Å². The number of aromatic nitrogens is 2. The van der Waals surface area contributed by atoms with Gasteiger partial charge >= 0.3 is 0 Å². The number of hydrogen-bond donors (Lipinski definition) is 3. The summed E-state index contributed by atoms with van der Waals surface area (Å²) in [6, 6.07) is 5.24. The molecule has 2 heterocycles. The third-order valence-corrected chi connectivity index (χ3v) is 4.27. The monoisotopic (exact) mass is 354 g/mol. The minimum Gasteiger partial charge on any atom is -0.396 e. The van der Waals surface area contributed by atoms with E-state index in [1.54, 1.807) is 12.1 Å². The quantitative estimate of drug-likeness (QED) is 0.703. The molecule has 0 aliphatic rings. The summed E-state index contributed by atoms with van der Waals surface area (Å²) in [6.07, 6.45) is 3.23. The summed E-state index contributed by atoms with van der Waals surface area (Å²) in [5.41, 5.74) is 6.93. The smallest absolute Gasteiger partial charge is 0.126 e. The lowest BCUT2D eigenvalue weighted by molar-refractivity contribution is 0.258. The Morgan fingerprint density at radius 2 is 2.09 bits per heavy atom. The number of hydrogen-bond acceptors (Lipinski definition) is 5. The molecule has 1 unspecified atom stereocenters. The summed E-state index contributed by atoms with van der Waals surface area (Å²) in [4.78, 5) is 8.48. The third-order valence-electron chi connectivity index (χ3n) is 3.66. The van der Waals surface area contributed by atoms with Crippen LogP contribution in [0.15, 0.2) is 24.4 Å². The van der Waals surface area contributed by atoms with E-state index in [4.69, 9.17) is 34.0 Å². The zero-order valence-corrected chi connectivity index (χ0v) is 14.4. The lowest BCUT2D eigenvalue weighted by Gasteiger charge is -2.16. The van der Waals surface area contributed by atoms with Crippen LogP contribution in [0, 0.1) is 5.92 Å². The molecule has 1 atom stereocenters. The number of rotatable bonds is 7. The first-order chi connectivity index (χ1) is 11.0. The Bertz CT molecular complexity index is 667. The number of nitrogens with zero attached hydrogens (tertiary/aromatic N) is 2. The molecule has 0 aliphatic carbocycles. The second-order valence-electron chi connectivity index (χ2n) is 5.28. The highest BCUT2D eigenvalue weighted by Gasteiger charge is 2.12. The molecule has 0 spiro atoms. The highest BCUT2D eigenvalue weighted by atomic mass is 35.5. The molecule has 2 rings (SSSR count). The predicted molar refractivity (Wildman–Crippen MR) is 95.9 cm³/mol. The van der Waals surface area contributed by atoms with Gasteiger partial charge in [0.1, 0.15) is 11.6 Å². The van der Waals surface area contributed by atoms with Crippen LogP contribution in [0.1, 0.15) is 19.8 Å². The summed E-state index contributed by atoms with van der Waals surface area (Å²) < 4.78 is 0. The molecule has 0 aromatic carbocycles. The topological polar surface area (TPSA) is 84.1 Å². The molecule has 0 radical (unpaired) electrons. The summed E-state index contributed by atoms with van der Waals surface area (Å²) in [5, 5.41) is 13.3. The van der Waals surface area contributed by atoms with E-state index < -0.39 is 0 Å². The lowest BCUT2D eigenvalue weighted by atomic mass is 10.0. The Hall–Kier alpha value is -1.56. The molecule has 0 saturated carbocycles. The zero-order valence-electron chi connectivity index (χ0n) is 12.9. The van der Waals surface area contributed by atoms with Gasteiger partial charge in [-0.1, -0.05) is 36.5 Å². The Kier molecular flexibility index (Phi) is 6.45. The first kappa shape index (κ1) is 17.8. The van der Waals surface area contributed by atoms with E-state index in [0.29, 0.717) is 38.9 Å². The number of halogens is 2. The predicted octanol–water partition coefficient (Wildman–Crippen LogP) is 3.85. The number of aliphatic hydroxyl groups is 1. The van der Waals surface area contributed by atoms with Gasteiger partial charge in [-0.25, -0.2) is 9.97 Å². The third kappa shape index (κ3) is 4.70. The van der Waals surface area contributed by atoms with Gasteiger partial charge in [-0.2, -0.15) is 0 Å². The number of anilines is 2. The molecule has 5 nitrogen and oxygen atoms in total. The van der Waals surface area contributed by atoms with Gasteiger partial charge in [0.25, 0.3) is 0 Å². The van der Waals surface area contributed by atoms with E-state index in [9.17, 15) is 0 Å². The molecule has 0 amide bonds. The van der Waals surface area contributed by atoms with E-state index in [0.717, 1.165) is 19.4 Å². The maximum atomic E-state index is 9.06. The van der Waals surface area contributed by atoms with Crippen LogP contribution >= 0.6 is 23.2 Å². The van der Waals surface area contributed by atoms with E-state index >= 15 is 0 Å². The molecular weight excluding hydrogens is 335 g/mol. The van der Waals surface area contributed by atoms with E-state index in [2.05, 4.69) is 22.2 Å². The van der Waals surface area contributed by atoms with Crippen molar-refractivity contribution in [3.8, 4) is 11.3 Å². The highest BCUT2D eigenvalue weighted by molar-refractivity contribution is 6.36. The van der Waals surface area contributed by atoms with Gasteiger partial charge in [-0.15, -0.1) is 0 Å². The fraction of sp³-hybridized carbons (Fsp3) is 0.375. The summed E-state index contributed by atoms with van der Waals surface area (Å²) in [7, 11) is 0. The molecular formula is C16H20Cl2N4O. The van der Waals surface area contributed by atoms with Crippen molar-refractivity contribution in [1.29, 1.82) is 0 Å². The Labute approximate surface area is 145 Å². The second kappa shape index (κ2) is 8.34. The minimum absolute atomic E-state index is 0.186. The van der Waals surface area contributed by atoms with Crippen molar-refractivity contribution in [3.05, 3.63) is 34.4 Å². The van der Waals surface area contributed by atoms with Crippen LogP contribution in [0.5, 0.6) is 0 Å². The largest absolute Gasteiger partial charge is 0.396 e. The molecule has 0 fully saturated rings. The molecule has 2 aromatic heterocycles. The van der Waals surface area contributed by atoms with Crippen LogP contribution < -0.4 is 11.1 Å². The van der Waals surface area contributed by atoms with Crippen molar-refractivity contribution in [3.63, 3.8) is 0 Å². The lowest BCUT2D eigenvalue weighted by Crippen LogP contribution is -2.15. The molecule has 7 heteroatoms. The van der Waals surface area contributed by atoms with Crippen LogP contribution in [0.2, 0.25) is 10.0 Å². The number of nitrogen functional groups attached to an aromatic ring is 1. The molecule has 0 bridgehead atoms. The molecule has 124 valence electrons. The Morgan fingerprint density at radius 3 is 2.78 bits per heavy atom. The second-order valence-corrected chi connectivity index (χ2v) is 6.10. The summed E-state index contributed by atoms with van der Waals surface area (Å²) in [5.74, 6) is 1.45. The first-order valence-corrected chi connectivity index (χ1v) is 8.23. The van der Waals surface area contributed by atoms with Crippen molar-refractivity contribution in [1.82, 2.24) is 9.97 Å². The van der Waals surface area contributed by atoms with Gasteiger partial charge in [-0.05, 0) is 30.5 Å². The number of nitrogens with one attached hydrogen (secondary N) is 1. The fourth-order valence-corrected chi connectivity index (χ4v) is 2.65. The van der Waals surface area contributed by atoms with Crippen LogP contribution in [0.4, 0.5) is 11.6 Å². The van der Waals surface area contributed by atoms with Crippen LogP contribution in [0.25, 0.3) is 11.3 Å². The van der Waals surface area contributed by atoms with E-state index in [1.807, 2.05) is 6.07 Å². The Balaban J connectivity index is 2.24. The number of nitrogens with two attached hydrogens (primary N) is 1. The maximum Gasteiger partial charge on any atom is 0.126 e. The molecule has 4 N–H and O–H groups in total. The van der Waals surface area contributed by atoms with E-state index in [-0.39, 0.29) is 6.61 Å². The van der Waals surface area contributed by atoms with Gasteiger partial charge < -0.3 is 16.2 Å². The normalized spacial score (nSPS) is 12.2. The molecule has 2 aromatic rings. The maximum absolute atomic E-state index is 9.06. The molecule has 23 heavy (non-hydrogen) atoms. The fourth-order valence-electron chi connectivity index (χ4n) is 2.25. The van der Waals surface area contributed by atoms with Crippen molar-refractivity contribution >= 4 is 34.8 Å². The average Bonchev–Trinajstić information content (AvgIpc) is 2.55. The first-order valence-electron chi connectivity index (χ1n) is 7.47. The summed E-state index contributed by atoms with van der Waals surface area (Å²) in [6.45, 7) is 3.02. The Morgan fingerprint density at radius 1 is 1.30 bits per heavy atom. The average molecular weight is 355 g/mol. The van der Waals surface area contributed by atoms with Crippen molar-refractivity contribution in [2.75, 3.05) is 24.2 Å². The standard InChI is InChI=1S/C16H20Cl2N4O/c1-2-10(5-6-23)8-21-15-4-3-12(17)16(22-15)11-7-14(19)20-9-13(11)18/h3-4,7,9-10,23H,2,5-6,8H2,1H3,(H2,19,20)(H,21,22). The van der Waals surface area contributed by atoms with Crippen LogP contribution in [0.3, 0.4) is 0 Å². The number of pyridine rings is 2. The minimum atomic E-state index is 0.186. The van der Waals surface area contributed by atoms with Crippen molar-refractivity contribution in [2.45, 2.75) is 19.8 Å². The highest BCUT2D eigenvalue weighted by Crippen LogP contribution is 2.33. The molecule has 0 aliphatic heterocycles. The van der Waals surface area contributed by atoms with Gasteiger partial charge in [0.15, 0.2) is 0 Å². The van der Waals surface area contributed by atoms with Gasteiger partial charge in [0, 0.05) is 24.9 Å². The SMILES string of the molecule is CCC(CCO)CNc1ccc(Cl)c(-c2cc(N)ncc2Cl)n1. The van der Waals surface area contributed by atoms with Crippen molar-refractivity contribution in [2.24, 2.45) is 5.92 Å².